The van der Waals surface area contributed by atoms with Crippen LogP contribution in [0, 0.1) is 0 Å². The summed E-state index contributed by atoms with van der Waals surface area (Å²) in [5, 5.41) is 0. The minimum Gasteiger partial charge on any atom is -0.265 e. The summed E-state index contributed by atoms with van der Waals surface area (Å²) in [6.45, 7) is 42.5. The lowest BCUT2D eigenvalue weighted by atomic mass is 9.87. The van der Waals surface area contributed by atoms with E-state index < -0.39 is 0 Å². The highest BCUT2D eigenvalue weighted by molar-refractivity contribution is 5.23. The number of aromatic nitrogens is 2. The fraction of sp³-hybridized carbons (Fsp3) is 0.551. The van der Waals surface area contributed by atoms with Crippen LogP contribution in [0.3, 0.4) is 0 Å². The lowest BCUT2D eigenvalue weighted by Gasteiger charge is -2.18. The van der Waals surface area contributed by atoms with E-state index in [0.717, 1.165) is 0 Å². The van der Waals surface area contributed by atoms with E-state index in [-0.39, 0.29) is 33.1 Å². The Kier molecular flexibility index (Phi) is 43.3. The lowest BCUT2D eigenvalue weighted by Crippen LogP contribution is -2.10. The molecular formula is C49H90N2. The van der Waals surface area contributed by atoms with Crippen LogP contribution in [0.1, 0.15) is 183 Å². The molecule has 0 aliphatic heterocycles. The van der Waals surface area contributed by atoms with Crippen molar-refractivity contribution in [1.29, 1.82) is 0 Å². The van der Waals surface area contributed by atoms with Gasteiger partial charge in [-0.3, -0.25) is 9.97 Å². The maximum atomic E-state index is 4.05. The van der Waals surface area contributed by atoms with Crippen molar-refractivity contribution in [2.45, 2.75) is 182 Å². The Bertz CT molecular complexity index is 974. The van der Waals surface area contributed by atoms with Crippen LogP contribution in [0.2, 0.25) is 0 Å². The highest BCUT2D eigenvalue weighted by atomic mass is 14.6. The number of nitrogens with zero attached hydrogens (tertiary/aromatic N) is 2. The zero-order chi connectivity index (χ0) is 38.5. The maximum absolute atomic E-state index is 4.05. The molecule has 51 heavy (non-hydrogen) atoms. The number of hydrogen-bond donors (Lipinski definition) is 0. The van der Waals surface area contributed by atoms with Gasteiger partial charge in [-0.05, 0) is 62.1 Å². The van der Waals surface area contributed by atoms with Crippen molar-refractivity contribution < 1.29 is 0 Å². The molecule has 0 unspecified atom stereocenters. The fourth-order valence-corrected chi connectivity index (χ4v) is 3.53. The first-order valence-corrected chi connectivity index (χ1v) is 18.3. The van der Waals surface area contributed by atoms with E-state index in [1.54, 1.807) is 6.20 Å². The van der Waals surface area contributed by atoms with Crippen molar-refractivity contribution in [2.75, 3.05) is 0 Å². The summed E-state index contributed by atoms with van der Waals surface area (Å²) >= 11 is 0. The van der Waals surface area contributed by atoms with Gasteiger partial charge in [0.2, 0.25) is 0 Å². The first-order valence-electron chi connectivity index (χ1n) is 18.3. The zero-order valence-corrected chi connectivity index (χ0v) is 35.3. The van der Waals surface area contributed by atoms with Crippen molar-refractivity contribution in [2.24, 2.45) is 0 Å². The highest BCUT2D eigenvalue weighted by Gasteiger charge is 2.13. The van der Waals surface area contributed by atoms with Crippen molar-refractivity contribution in [1.82, 2.24) is 9.97 Å². The molecule has 2 heterocycles. The zero-order valence-electron chi connectivity index (χ0n) is 35.3. The van der Waals surface area contributed by atoms with Crippen LogP contribution >= 0.6 is 0 Å². The van der Waals surface area contributed by atoms with Gasteiger partial charge in [0.1, 0.15) is 0 Å². The summed E-state index contributed by atoms with van der Waals surface area (Å²) in [5.41, 5.74) is 6.49. The second-order valence-corrected chi connectivity index (χ2v) is 14.2. The van der Waals surface area contributed by atoms with Crippen LogP contribution in [0.25, 0.3) is 0 Å². The average Bonchev–Trinajstić information content (AvgIpc) is 3.09. The first-order chi connectivity index (χ1) is 22.4. The van der Waals surface area contributed by atoms with Crippen LogP contribution in [0.4, 0.5) is 0 Å². The summed E-state index contributed by atoms with van der Waals surface area (Å²) in [6.07, 6.45) is 7.39. The molecule has 296 valence electrons. The van der Waals surface area contributed by atoms with Crippen molar-refractivity contribution in [3.8, 4) is 0 Å². The molecule has 0 aliphatic carbocycles. The molecule has 2 aromatic carbocycles. The molecular weight excluding hydrogens is 617 g/mol. The Morgan fingerprint density at radius 2 is 0.549 bits per heavy atom. The molecule has 0 saturated carbocycles. The predicted octanol–water partition coefficient (Wildman–Crippen LogP) is 16.7. The Balaban J connectivity index is -0.0000000930. The standard InChI is InChI=1S/2C10H14.2C9H13N.4C2H6.3CH4/c2*1-10(2,3)9-7-5-4-6-8-9;1-9(2,3)8-4-6-10-7-5-8;1-9(2,3)8-5-4-6-10-7-8;4*1-2;;;/h2*4-8H,1-3H3;2*4-7H,1-3H3;4*1-2H3;3*1H4. The topological polar surface area (TPSA) is 25.8 Å². The van der Waals surface area contributed by atoms with Crippen molar-refractivity contribution >= 4 is 0 Å². The molecule has 0 radical (unpaired) electrons. The molecule has 4 rings (SSSR count). The van der Waals surface area contributed by atoms with E-state index in [0.29, 0.717) is 10.8 Å². The molecule has 2 nitrogen and oxygen atoms in total. The number of pyridine rings is 2. The Morgan fingerprint density at radius 3 is 0.725 bits per heavy atom. The van der Waals surface area contributed by atoms with Crippen LogP contribution in [0.5, 0.6) is 0 Å². The second-order valence-electron chi connectivity index (χ2n) is 14.2. The monoisotopic (exact) mass is 707 g/mol. The molecule has 0 bridgehead atoms. The largest absolute Gasteiger partial charge is 0.265 e. The maximum Gasteiger partial charge on any atom is 0.0305 e. The predicted molar refractivity (Wildman–Crippen MR) is 242 cm³/mol. The van der Waals surface area contributed by atoms with E-state index >= 15 is 0 Å². The van der Waals surface area contributed by atoms with Gasteiger partial charge >= 0.3 is 0 Å². The number of benzene rings is 2. The van der Waals surface area contributed by atoms with E-state index in [4.69, 9.17) is 0 Å². The third kappa shape index (κ3) is 33.6. The van der Waals surface area contributed by atoms with E-state index in [2.05, 4.69) is 172 Å². The van der Waals surface area contributed by atoms with Gasteiger partial charge in [-0.25, -0.2) is 0 Å². The first kappa shape index (κ1) is 62.8. The van der Waals surface area contributed by atoms with Crippen LogP contribution in [-0.4, -0.2) is 9.97 Å². The lowest BCUT2D eigenvalue weighted by molar-refractivity contribution is 0.587. The molecule has 0 amide bonds. The third-order valence-corrected chi connectivity index (χ3v) is 6.35. The van der Waals surface area contributed by atoms with Crippen LogP contribution in [-0.2, 0) is 21.7 Å². The molecule has 2 aromatic heterocycles. The van der Waals surface area contributed by atoms with Crippen molar-refractivity contribution in [3.05, 3.63) is 132 Å². The average molecular weight is 707 g/mol. The molecule has 0 spiro atoms. The molecule has 2 heteroatoms. The summed E-state index contributed by atoms with van der Waals surface area (Å²) in [7, 11) is 0. The van der Waals surface area contributed by atoms with E-state index in [1.165, 1.54) is 22.3 Å². The highest BCUT2D eigenvalue weighted by Crippen LogP contribution is 2.22. The van der Waals surface area contributed by atoms with Gasteiger partial charge in [0.05, 0.1) is 0 Å². The molecule has 0 saturated heterocycles. The molecule has 0 N–H and O–H groups in total. The van der Waals surface area contributed by atoms with Gasteiger partial charge in [-0.2, -0.15) is 0 Å². The Labute approximate surface area is 323 Å². The quantitative estimate of drug-likeness (QED) is 0.182. The minimum atomic E-state index is 0. The molecule has 4 aromatic rings. The van der Waals surface area contributed by atoms with E-state index in [9.17, 15) is 0 Å². The van der Waals surface area contributed by atoms with Crippen molar-refractivity contribution in [3.63, 3.8) is 0 Å². The summed E-state index contributed by atoms with van der Waals surface area (Å²) in [5.74, 6) is 0. The normalized spacial score (nSPS) is 9.49. The summed E-state index contributed by atoms with van der Waals surface area (Å²) in [6, 6.07) is 29.3. The van der Waals surface area contributed by atoms with Gasteiger partial charge in [0, 0.05) is 24.8 Å². The second kappa shape index (κ2) is 35.2. The molecule has 0 fully saturated rings. The van der Waals surface area contributed by atoms with Gasteiger partial charge < -0.3 is 0 Å². The summed E-state index contributed by atoms with van der Waals surface area (Å²) < 4.78 is 0. The SMILES string of the molecule is C.C.C.CC.CC.CC.CC.CC(C)(C)c1ccccc1.CC(C)(C)c1ccccc1.CC(C)(C)c1cccnc1.CC(C)(C)c1ccncc1. The van der Waals surface area contributed by atoms with Gasteiger partial charge in [-0.15, -0.1) is 0 Å². The van der Waals surface area contributed by atoms with Gasteiger partial charge in [-0.1, -0.05) is 227 Å². The number of rotatable bonds is 0. The summed E-state index contributed by atoms with van der Waals surface area (Å²) in [4.78, 5) is 8.01. The molecule has 0 atom stereocenters. The number of hydrogen-bond acceptors (Lipinski definition) is 2. The molecule has 0 aliphatic rings. The Hall–Kier alpha value is -3.26. The third-order valence-electron chi connectivity index (χ3n) is 6.35. The van der Waals surface area contributed by atoms with Gasteiger partial charge in [0.25, 0.3) is 0 Å². The minimum absolute atomic E-state index is 0. The van der Waals surface area contributed by atoms with Crippen LogP contribution < -0.4 is 0 Å². The smallest absolute Gasteiger partial charge is 0.0305 e. The van der Waals surface area contributed by atoms with Crippen LogP contribution in [0.15, 0.2) is 110 Å². The fourth-order valence-electron chi connectivity index (χ4n) is 3.53. The van der Waals surface area contributed by atoms with Gasteiger partial charge in [0.15, 0.2) is 0 Å². The Morgan fingerprint density at radius 1 is 0.294 bits per heavy atom. The van der Waals surface area contributed by atoms with E-state index in [1.807, 2.05) is 80.0 Å².